The lowest BCUT2D eigenvalue weighted by molar-refractivity contribution is 0.303. The predicted octanol–water partition coefficient (Wildman–Crippen LogP) is 0.367. The summed E-state index contributed by atoms with van der Waals surface area (Å²) in [6, 6.07) is 0. The lowest BCUT2D eigenvalue weighted by atomic mass is 10.3. The lowest BCUT2D eigenvalue weighted by Crippen LogP contribution is -2.25. The molecule has 8 nitrogen and oxygen atoms in total. The minimum absolute atomic E-state index is 0.356. The Morgan fingerprint density at radius 3 is 2.25 bits per heavy atom. The molecule has 0 aliphatic carbocycles. The molecule has 0 saturated carbocycles. The van der Waals surface area contributed by atoms with Gasteiger partial charge in [-0.3, -0.25) is 5.43 Å². The number of aromatic nitrogens is 3. The Kier molecular flexibility index (Phi) is 6.96. The summed E-state index contributed by atoms with van der Waals surface area (Å²) in [7, 11) is 3.75. The summed E-state index contributed by atoms with van der Waals surface area (Å²) in [6.45, 7) is 8.38. The number of rotatable bonds is 9. The van der Waals surface area contributed by atoms with Crippen molar-refractivity contribution < 1.29 is 0 Å². The van der Waals surface area contributed by atoms with Crippen molar-refractivity contribution in [2.75, 3.05) is 55.9 Å². The topological polar surface area (TPSA) is 95.2 Å². The second kappa shape index (κ2) is 8.49. The Balaban J connectivity index is 2.52. The molecule has 114 valence electrons. The van der Waals surface area contributed by atoms with Crippen LogP contribution in [-0.2, 0) is 0 Å². The molecule has 0 unspecified atom stereocenters. The average Bonchev–Trinajstić information content (AvgIpc) is 2.47. The van der Waals surface area contributed by atoms with Crippen LogP contribution in [0.25, 0.3) is 0 Å². The van der Waals surface area contributed by atoms with Gasteiger partial charge in [0.2, 0.25) is 17.8 Å². The normalized spacial score (nSPS) is 10.7. The monoisotopic (exact) mass is 282 g/mol. The average molecular weight is 282 g/mol. The maximum atomic E-state index is 5.36. The first kappa shape index (κ1) is 16.4. The molecule has 0 amide bonds. The summed E-state index contributed by atoms with van der Waals surface area (Å²) in [5.74, 6) is 6.83. The van der Waals surface area contributed by atoms with Gasteiger partial charge >= 0.3 is 0 Å². The molecule has 1 aromatic rings. The molecular formula is C12H26N8. The number of hydrogen-bond acceptors (Lipinski definition) is 8. The molecule has 20 heavy (non-hydrogen) atoms. The Bertz CT molecular complexity index is 391. The quantitative estimate of drug-likeness (QED) is 0.340. The second-order valence-electron chi connectivity index (χ2n) is 4.63. The predicted molar refractivity (Wildman–Crippen MR) is 82.9 cm³/mol. The van der Waals surface area contributed by atoms with Gasteiger partial charge in [-0.15, -0.1) is 0 Å². The minimum Gasteiger partial charge on any atom is -0.354 e. The van der Waals surface area contributed by atoms with E-state index in [1.54, 1.807) is 0 Å². The number of hydrogen-bond donors (Lipinski definition) is 3. The van der Waals surface area contributed by atoms with Crippen molar-refractivity contribution in [1.29, 1.82) is 0 Å². The number of nitrogens with one attached hydrogen (secondary N) is 2. The summed E-state index contributed by atoms with van der Waals surface area (Å²) < 4.78 is 0. The molecule has 0 spiro atoms. The van der Waals surface area contributed by atoms with Crippen LogP contribution in [0.5, 0.6) is 0 Å². The molecule has 1 aromatic heterocycles. The van der Waals surface area contributed by atoms with Gasteiger partial charge in [-0.05, 0) is 26.1 Å². The van der Waals surface area contributed by atoms with Crippen LogP contribution in [0, 0.1) is 0 Å². The van der Waals surface area contributed by atoms with E-state index in [9.17, 15) is 0 Å². The Hall–Kier alpha value is -1.67. The standard InChI is InChI=1S/C12H26N8/c1-5-20(6-2)9-7-8-14-10-15-11(18-13)17-12(16-10)19(3)4/h5-9,13H2,1-4H3,(H2,14,15,16,17,18). The fraction of sp³-hybridized carbons (Fsp3) is 0.750. The Morgan fingerprint density at radius 1 is 1.05 bits per heavy atom. The fourth-order valence-electron chi connectivity index (χ4n) is 1.75. The van der Waals surface area contributed by atoms with Crippen LogP contribution in [0.1, 0.15) is 20.3 Å². The molecule has 4 N–H and O–H groups in total. The molecule has 8 heteroatoms. The van der Waals surface area contributed by atoms with Gasteiger partial charge in [0.25, 0.3) is 0 Å². The minimum atomic E-state index is 0.356. The first-order valence-corrected chi connectivity index (χ1v) is 6.96. The molecule has 0 aliphatic rings. The first-order chi connectivity index (χ1) is 9.60. The van der Waals surface area contributed by atoms with Crippen molar-refractivity contribution in [1.82, 2.24) is 19.9 Å². The van der Waals surface area contributed by atoms with Crippen molar-refractivity contribution in [3.05, 3.63) is 0 Å². The van der Waals surface area contributed by atoms with Gasteiger partial charge in [-0.2, -0.15) is 15.0 Å². The Morgan fingerprint density at radius 2 is 1.70 bits per heavy atom. The van der Waals surface area contributed by atoms with Gasteiger partial charge in [0.1, 0.15) is 0 Å². The second-order valence-corrected chi connectivity index (χ2v) is 4.63. The maximum absolute atomic E-state index is 5.36. The third-order valence-corrected chi connectivity index (χ3v) is 2.98. The van der Waals surface area contributed by atoms with Crippen molar-refractivity contribution >= 4 is 17.8 Å². The SMILES string of the molecule is CCN(CC)CCCNc1nc(NN)nc(N(C)C)n1. The first-order valence-electron chi connectivity index (χ1n) is 6.96. The summed E-state index contributed by atoms with van der Waals surface area (Å²) in [5, 5.41) is 3.21. The van der Waals surface area contributed by atoms with Gasteiger partial charge in [-0.1, -0.05) is 13.8 Å². The van der Waals surface area contributed by atoms with Crippen molar-refractivity contribution in [3.8, 4) is 0 Å². The van der Waals surface area contributed by atoms with Crippen molar-refractivity contribution in [3.63, 3.8) is 0 Å². The highest BCUT2D eigenvalue weighted by atomic mass is 15.4. The zero-order valence-electron chi connectivity index (χ0n) is 12.8. The third kappa shape index (κ3) is 5.14. The summed E-state index contributed by atoms with van der Waals surface area (Å²) in [5.41, 5.74) is 2.45. The van der Waals surface area contributed by atoms with Crippen molar-refractivity contribution in [2.45, 2.75) is 20.3 Å². The molecule has 0 saturated heterocycles. The van der Waals surface area contributed by atoms with Crippen LogP contribution in [0.2, 0.25) is 0 Å². The van der Waals surface area contributed by atoms with Crippen LogP contribution < -0.4 is 21.5 Å². The van der Waals surface area contributed by atoms with Gasteiger partial charge < -0.3 is 15.1 Å². The zero-order chi connectivity index (χ0) is 15.0. The van der Waals surface area contributed by atoms with Gasteiger partial charge in [0.05, 0.1) is 0 Å². The lowest BCUT2D eigenvalue weighted by Gasteiger charge is -2.18. The number of nitrogens with zero attached hydrogens (tertiary/aromatic N) is 5. The molecule has 1 rings (SSSR count). The molecular weight excluding hydrogens is 256 g/mol. The van der Waals surface area contributed by atoms with E-state index in [0.29, 0.717) is 17.8 Å². The number of nitrogen functional groups attached to an aromatic ring is 1. The molecule has 0 atom stereocenters. The molecule has 0 aliphatic heterocycles. The van der Waals surface area contributed by atoms with E-state index in [-0.39, 0.29) is 0 Å². The third-order valence-electron chi connectivity index (χ3n) is 2.98. The highest BCUT2D eigenvalue weighted by Crippen LogP contribution is 2.10. The number of hydrazine groups is 1. The van der Waals surface area contributed by atoms with Crippen LogP contribution in [-0.4, -0.2) is 60.1 Å². The van der Waals surface area contributed by atoms with E-state index in [1.165, 1.54) is 0 Å². The molecule has 0 aromatic carbocycles. The van der Waals surface area contributed by atoms with Gasteiger partial charge in [-0.25, -0.2) is 5.84 Å². The summed E-state index contributed by atoms with van der Waals surface area (Å²) >= 11 is 0. The van der Waals surface area contributed by atoms with Crippen LogP contribution in [0.4, 0.5) is 17.8 Å². The van der Waals surface area contributed by atoms with E-state index >= 15 is 0 Å². The molecule has 0 bridgehead atoms. The van der Waals surface area contributed by atoms with E-state index in [1.807, 2.05) is 19.0 Å². The van der Waals surface area contributed by atoms with Crippen LogP contribution in [0.3, 0.4) is 0 Å². The smallest absolute Gasteiger partial charge is 0.243 e. The Labute approximate surface area is 120 Å². The van der Waals surface area contributed by atoms with Crippen molar-refractivity contribution in [2.24, 2.45) is 5.84 Å². The van der Waals surface area contributed by atoms with Gasteiger partial charge in [0, 0.05) is 20.6 Å². The van der Waals surface area contributed by atoms with Crippen LogP contribution in [0.15, 0.2) is 0 Å². The number of nitrogens with two attached hydrogens (primary N) is 1. The van der Waals surface area contributed by atoms with E-state index in [4.69, 9.17) is 5.84 Å². The maximum Gasteiger partial charge on any atom is 0.243 e. The number of anilines is 3. The van der Waals surface area contributed by atoms with Gasteiger partial charge in [0.15, 0.2) is 0 Å². The largest absolute Gasteiger partial charge is 0.354 e. The molecule has 0 radical (unpaired) electrons. The van der Waals surface area contributed by atoms with E-state index in [2.05, 4.69) is 44.4 Å². The highest BCUT2D eigenvalue weighted by Gasteiger charge is 2.07. The molecule has 1 heterocycles. The highest BCUT2D eigenvalue weighted by molar-refractivity contribution is 5.42. The van der Waals surface area contributed by atoms with E-state index < -0.39 is 0 Å². The molecule has 0 fully saturated rings. The fourth-order valence-corrected chi connectivity index (χ4v) is 1.75. The zero-order valence-corrected chi connectivity index (χ0v) is 12.8. The van der Waals surface area contributed by atoms with E-state index in [0.717, 1.165) is 32.6 Å². The summed E-state index contributed by atoms with van der Waals surface area (Å²) in [4.78, 5) is 16.8. The summed E-state index contributed by atoms with van der Waals surface area (Å²) in [6.07, 6.45) is 1.04. The van der Waals surface area contributed by atoms with Crippen LogP contribution >= 0.6 is 0 Å².